The van der Waals surface area contributed by atoms with Crippen molar-refractivity contribution in [3.8, 4) is 0 Å². The van der Waals surface area contributed by atoms with Crippen molar-refractivity contribution in [1.82, 2.24) is 20.3 Å². The lowest BCUT2D eigenvalue weighted by Crippen LogP contribution is -2.24. The minimum atomic E-state index is -0.162. The molecule has 5 heteroatoms. The Hall–Kier alpha value is -1.75. The molecule has 0 radical (unpaired) electrons. The maximum Gasteiger partial charge on any atom is 0.126 e. The number of nitrogens with one attached hydrogen (secondary N) is 1. The fourth-order valence-electron chi connectivity index (χ4n) is 2.15. The number of rotatable bonds is 6. The molecule has 2 aromatic rings. The molecule has 1 atom stereocenters. The third-order valence-electron chi connectivity index (χ3n) is 3.30. The van der Waals surface area contributed by atoms with Gasteiger partial charge in [0.15, 0.2) is 0 Å². The predicted octanol–water partition coefficient (Wildman–Crippen LogP) is 2.55. The molecule has 1 N–H and O–H groups in total. The molecule has 4 nitrogen and oxygen atoms in total. The van der Waals surface area contributed by atoms with Crippen LogP contribution in [-0.2, 0) is 13.5 Å². The van der Waals surface area contributed by atoms with Crippen molar-refractivity contribution in [3.63, 3.8) is 0 Å². The summed E-state index contributed by atoms with van der Waals surface area (Å²) in [6.45, 7) is 4.78. The molecule has 0 saturated heterocycles. The van der Waals surface area contributed by atoms with Crippen LogP contribution in [0.3, 0.4) is 0 Å². The van der Waals surface area contributed by atoms with Crippen LogP contribution in [0.1, 0.15) is 36.2 Å². The number of nitrogens with zero attached hydrogens (tertiary/aromatic N) is 3. The van der Waals surface area contributed by atoms with Crippen LogP contribution in [0.4, 0.5) is 4.39 Å². The molecule has 0 aliphatic carbocycles. The first kappa shape index (κ1) is 14.7. The van der Waals surface area contributed by atoms with Crippen molar-refractivity contribution in [2.45, 2.75) is 32.7 Å². The number of aromatic nitrogens is 3. The molecule has 108 valence electrons. The smallest absolute Gasteiger partial charge is 0.126 e. The van der Waals surface area contributed by atoms with Crippen LogP contribution in [0.15, 0.2) is 24.4 Å². The summed E-state index contributed by atoms with van der Waals surface area (Å²) < 4.78 is 15.4. The number of halogens is 1. The SMILES string of the molecule is CCCNC(Cc1cn(C)nn1)c1ccc(C)c(F)c1. The van der Waals surface area contributed by atoms with Crippen molar-refractivity contribution in [2.24, 2.45) is 7.05 Å². The van der Waals surface area contributed by atoms with Crippen molar-refractivity contribution in [3.05, 3.63) is 47.0 Å². The van der Waals surface area contributed by atoms with Crippen LogP contribution in [0, 0.1) is 12.7 Å². The van der Waals surface area contributed by atoms with Crippen molar-refractivity contribution >= 4 is 0 Å². The van der Waals surface area contributed by atoms with Gasteiger partial charge in [0, 0.05) is 25.7 Å². The fourth-order valence-corrected chi connectivity index (χ4v) is 2.15. The zero-order chi connectivity index (χ0) is 14.5. The highest BCUT2D eigenvalue weighted by atomic mass is 19.1. The van der Waals surface area contributed by atoms with E-state index in [9.17, 15) is 4.39 Å². The van der Waals surface area contributed by atoms with Gasteiger partial charge in [0.2, 0.25) is 0 Å². The van der Waals surface area contributed by atoms with E-state index in [0.717, 1.165) is 24.2 Å². The van der Waals surface area contributed by atoms with E-state index in [4.69, 9.17) is 0 Å². The van der Waals surface area contributed by atoms with E-state index in [1.54, 1.807) is 17.7 Å². The van der Waals surface area contributed by atoms with Gasteiger partial charge in [-0.25, -0.2) is 4.39 Å². The summed E-state index contributed by atoms with van der Waals surface area (Å²) in [5, 5.41) is 11.5. The topological polar surface area (TPSA) is 42.7 Å². The molecule has 0 amide bonds. The Morgan fingerprint density at radius 2 is 2.20 bits per heavy atom. The third-order valence-corrected chi connectivity index (χ3v) is 3.30. The molecule has 0 aliphatic heterocycles. The number of hydrogen-bond donors (Lipinski definition) is 1. The van der Waals surface area contributed by atoms with Gasteiger partial charge in [0.1, 0.15) is 5.82 Å². The van der Waals surface area contributed by atoms with Gasteiger partial charge in [0.25, 0.3) is 0 Å². The average molecular weight is 276 g/mol. The quantitative estimate of drug-likeness (QED) is 0.881. The van der Waals surface area contributed by atoms with Crippen LogP contribution < -0.4 is 5.32 Å². The van der Waals surface area contributed by atoms with E-state index in [0.29, 0.717) is 12.0 Å². The Balaban J connectivity index is 2.19. The molecular formula is C15H21FN4. The molecule has 1 aromatic carbocycles. The van der Waals surface area contributed by atoms with E-state index < -0.39 is 0 Å². The largest absolute Gasteiger partial charge is 0.310 e. The molecule has 20 heavy (non-hydrogen) atoms. The summed E-state index contributed by atoms with van der Waals surface area (Å²) in [5.74, 6) is -0.162. The van der Waals surface area contributed by atoms with E-state index >= 15 is 0 Å². The predicted molar refractivity (Wildman–Crippen MR) is 76.9 cm³/mol. The van der Waals surface area contributed by atoms with E-state index in [1.807, 2.05) is 25.4 Å². The van der Waals surface area contributed by atoms with Crippen LogP contribution in [-0.4, -0.2) is 21.5 Å². The van der Waals surface area contributed by atoms with Gasteiger partial charge in [-0.1, -0.05) is 24.3 Å². The third kappa shape index (κ3) is 3.63. The summed E-state index contributed by atoms with van der Waals surface area (Å²) in [6.07, 6.45) is 3.63. The standard InChI is InChI=1S/C15H21FN4/c1-4-7-17-15(9-13-10-20(3)19-18-13)12-6-5-11(2)14(16)8-12/h5-6,8,10,15,17H,4,7,9H2,1-3H3. The van der Waals surface area contributed by atoms with E-state index in [-0.39, 0.29) is 11.9 Å². The maximum atomic E-state index is 13.7. The summed E-state index contributed by atoms with van der Waals surface area (Å²) in [5.41, 5.74) is 2.52. The van der Waals surface area contributed by atoms with E-state index in [2.05, 4.69) is 22.6 Å². The monoisotopic (exact) mass is 276 g/mol. The second kappa shape index (κ2) is 6.61. The van der Waals surface area contributed by atoms with Gasteiger partial charge in [-0.3, -0.25) is 4.68 Å². The Morgan fingerprint density at radius 1 is 1.40 bits per heavy atom. The Bertz CT molecular complexity index is 565. The highest BCUT2D eigenvalue weighted by molar-refractivity contribution is 5.26. The lowest BCUT2D eigenvalue weighted by Gasteiger charge is -2.18. The van der Waals surface area contributed by atoms with E-state index in [1.165, 1.54) is 0 Å². The fraction of sp³-hybridized carbons (Fsp3) is 0.467. The zero-order valence-corrected chi connectivity index (χ0v) is 12.2. The molecule has 1 unspecified atom stereocenters. The molecule has 0 spiro atoms. The molecule has 0 aliphatic rings. The summed E-state index contributed by atoms with van der Waals surface area (Å²) >= 11 is 0. The van der Waals surface area contributed by atoms with Crippen LogP contribution in [0.2, 0.25) is 0 Å². The Labute approximate surface area is 119 Å². The first-order valence-electron chi connectivity index (χ1n) is 6.94. The van der Waals surface area contributed by atoms with Gasteiger partial charge in [-0.05, 0) is 37.1 Å². The minimum absolute atomic E-state index is 0.0572. The maximum absolute atomic E-state index is 13.7. The van der Waals surface area contributed by atoms with Gasteiger partial charge < -0.3 is 5.32 Å². The zero-order valence-electron chi connectivity index (χ0n) is 12.2. The Morgan fingerprint density at radius 3 is 2.80 bits per heavy atom. The summed E-state index contributed by atoms with van der Waals surface area (Å²) in [6, 6.07) is 5.46. The molecule has 0 fully saturated rings. The molecule has 1 aromatic heterocycles. The van der Waals surface area contributed by atoms with Crippen molar-refractivity contribution in [1.29, 1.82) is 0 Å². The van der Waals surface area contributed by atoms with Gasteiger partial charge in [-0.15, -0.1) is 5.10 Å². The molecule has 0 bridgehead atoms. The number of hydrogen-bond acceptors (Lipinski definition) is 3. The second-order valence-electron chi connectivity index (χ2n) is 5.10. The summed E-state index contributed by atoms with van der Waals surface area (Å²) in [4.78, 5) is 0. The highest BCUT2D eigenvalue weighted by Gasteiger charge is 2.14. The Kier molecular flexibility index (Phi) is 4.84. The first-order valence-corrected chi connectivity index (χ1v) is 6.94. The lowest BCUT2D eigenvalue weighted by atomic mass is 10.0. The van der Waals surface area contributed by atoms with Crippen molar-refractivity contribution < 1.29 is 4.39 Å². The molecule has 2 rings (SSSR count). The normalized spacial score (nSPS) is 12.6. The first-order chi connectivity index (χ1) is 9.60. The number of benzene rings is 1. The van der Waals surface area contributed by atoms with Crippen LogP contribution >= 0.6 is 0 Å². The van der Waals surface area contributed by atoms with Gasteiger partial charge >= 0.3 is 0 Å². The summed E-state index contributed by atoms with van der Waals surface area (Å²) in [7, 11) is 1.84. The minimum Gasteiger partial charge on any atom is -0.310 e. The lowest BCUT2D eigenvalue weighted by molar-refractivity contribution is 0.518. The number of aryl methyl sites for hydroxylation is 2. The second-order valence-corrected chi connectivity index (χ2v) is 5.10. The van der Waals surface area contributed by atoms with Crippen LogP contribution in [0.5, 0.6) is 0 Å². The van der Waals surface area contributed by atoms with Crippen molar-refractivity contribution in [2.75, 3.05) is 6.54 Å². The molecule has 1 heterocycles. The van der Waals surface area contributed by atoms with Crippen LogP contribution in [0.25, 0.3) is 0 Å². The molecular weight excluding hydrogens is 255 g/mol. The average Bonchev–Trinajstić information content (AvgIpc) is 2.83. The van der Waals surface area contributed by atoms with Gasteiger partial charge in [0.05, 0.1) is 5.69 Å². The van der Waals surface area contributed by atoms with Gasteiger partial charge in [-0.2, -0.15) is 0 Å². The highest BCUT2D eigenvalue weighted by Crippen LogP contribution is 2.20. The molecule has 0 saturated carbocycles.